The standard InChI is InChI=1S/C18H10N4O3.C2H6/c19-10-11-9-16-17(14-3-1-2-4-15(14)20-16)21(18(11)23)12-5-7-13(8-6-12)22(24)25;1-2/h1-9,20H;1-2H3. The van der Waals surface area contributed by atoms with Gasteiger partial charge in [0.05, 0.1) is 16.0 Å². The molecule has 0 aliphatic carbocycles. The van der Waals surface area contributed by atoms with E-state index >= 15 is 0 Å². The molecule has 0 fully saturated rings. The minimum atomic E-state index is -0.500. The monoisotopic (exact) mass is 360 g/mol. The van der Waals surface area contributed by atoms with E-state index in [-0.39, 0.29) is 11.3 Å². The summed E-state index contributed by atoms with van der Waals surface area (Å²) in [5.41, 5.74) is 2.05. The molecule has 0 saturated heterocycles. The Kier molecular flexibility index (Phi) is 4.73. The van der Waals surface area contributed by atoms with E-state index in [1.165, 1.54) is 34.9 Å². The molecule has 27 heavy (non-hydrogen) atoms. The number of benzene rings is 2. The first-order valence-electron chi connectivity index (χ1n) is 8.41. The van der Waals surface area contributed by atoms with Crippen molar-refractivity contribution in [1.29, 1.82) is 5.26 Å². The highest BCUT2D eigenvalue weighted by Crippen LogP contribution is 2.27. The smallest absolute Gasteiger partial charge is 0.273 e. The largest absolute Gasteiger partial charge is 0.353 e. The van der Waals surface area contributed by atoms with Crippen LogP contribution < -0.4 is 5.56 Å². The van der Waals surface area contributed by atoms with E-state index in [0.717, 1.165) is 10.9 Å². The molecule has 0 saturated carbocycles. The number of hydrogen-bond donors (Lipinski definition) is 1. The van der Waals surface area contributed by atoms with E-state index in [9.17, 15) is 20.2 Å². The van der Waals surface area contributed by atoms with Gasteiger partial charge in [0.25, 0.3) is 11.2 Å². The zero-order chi connectivity index (χ0) is 19.6. The van der Waals surface area contributed by atoms with Crippen LogP contribution in [0.2, 0.25) is 0 Å². The van der Waals surface area contributed by atoms with Crippen LogP contribution in [0.5, 0.6) is 0 Å². The van der Waals surface area contributed by atoms with Gasteiger partial charge >= 0.3 is 0 Å². The van der Waals surface area contributed by atoms with Crippen LogP contribution in [0.3, 0.4) is 0 Å². The third-order valence-electron chi connectivity index (χ3n) is 4.09. The number of nitrogens with zero attached hydrogens (tertiary/aromatic N) is 3. The van der Waals surface area contributed by atoms with E-state index in [1.807, 2.05) is 44.2 Å². The highest BCUT2D eigenvalue weighted by atomic mass is 16.6. The molecule has 0 atom stereocenters. The zero-order valence-electron chi connectivity index (χ0n) is 14.8. The lowest BCUT2D eigenvalue weighted by atomic mass is 10.2. The molecule has 0 aliphatic heterocycles. The second-order valence-corrected chi connectivity index (χ2v) is 5.52. The van der Waals surface area contributed by atoms with Crippen LogP contribution in [0.1, 0.15) is 19.4 Å². The molecule has 0 amide bonds. The number of para-hydroxylation sites is 1. The van der Waals surface area contributed by atoms with Crippen molar-refractivity contribution >= 4 is 27.6 Å². The first kappa shape index (κ1) is 17.9. The number of H-pyrrole nitrogens is 1. The molecular weight excluding hydrogens is 344 g/mol. The third-order valence-corrected chi connectivity index (χ3v) is 4.09. The minimum absolute atomic E-state index is 0.00240. The van der Waals surface area contributed by atoms with Gasteiger partial charge in [0.1, 0.15) is 11.6 Å². The van der Waals surface area contributed by atoms with Crippen molar-refractivity contribution in [3.8, 4) is 11.8 Å². The topological polar surface area (TPSA) is 105 Å². The minimum Gasteiger partial charge on any atom is -0.353 e. The Hall–Kier alpha value is -3.92. The Morgan fingerprint density at radius 1 is 1.07 bits per heavy atom. The Balaban J connectivity index is 0.00000102. The Morgan fingerprint density at radius 3 is 2.37 bits per heavy atom. The van der Waals surface area contributed by atoms with Crippen molar-refractivity contribution in [2.45, 2.75) is 13.8 Å². The van der Waals surface area contributed by atoms with Crippen molar-refractivity contribution in [3.05, 3.63) is 80.6 Å². The van der Waals surface area contributed by atoms with Crippen LogP contribution in [-0.2, 0) is 0 Å². The lowest BCUT2D eigenvalue weighted by molar-refractivity contribution is -0.384. The van der Waals surface area contributed by atoms with Crippen molar-refractivity contribution in [2.75, 3.05) is 0 Å². The lowest BCUT2D eigenvalue weighted by Gasteiger charge is -2.09. The summed E-state index contributed by atoms with van der Waals surface area (Å²) in [7, 11) is 0. The first-order valence-corrected chi connectivity index (χ1v) is 8.41. The number of aromatic amines is 1. The van der Waals surface area contributed by atoms with Gasteiger partial charge in [0.2, 0.25) is 0 Å². The molecule has 1 N–H and O–H groups in total. The molecule has 2 heterocycles. The van der Waals surface area contributed by atoms with E-state index in [4.69, 9.17) is 0 Å². The first-order chi connectivity index (χ1) is 13.1. The van der Waals surface area contributed by atoms with Gasteiger partial charge < -0.3 is 4.98 Å². The summed E-state index contributed by atoms with van der Waals surface area (Å²) in [6.45, 7) is 4.00. The van der Waals surface area contributed by atoms with Gasteiger partial charge in [-0.15, -0.1) is 0 Å². The number of nitro groups is 1. The molecule has 4 aromatic rings. The highest BCUT2D eigenvalue weighted by molar-refractivity contribution is 6.06. The fourth-order valence-electron chi connectivity index (χ4n) is 2.97. The van der Waals surface area contributed by atoms with Gasteiger partial charge in [-0.1, -0.05) is 32.0 Å². The number of rotatable bonds is 2. The fourth-order valence-corrected chi connectivity index (χ4v) is 2.97. The summed E-state index contributed by atoms with van der Waals surface area (Å²) in [5.74, 6) is 0. The van der Waals surface area contributed by atoms with Gasteiger partial charge in [-0.3, -0.25) is 19.5 Å². The number of fused-ring (bicyclic) bond motifs is 3. The quantitative estimate of drug-likeness (QED) is 0.425. The number of hydrogen-bond acceptors (Lipinski definition) is 4. The number of pyridine rings is 1. The molecule has 0 aliphatic rings. The van der Waals surface area contributed by atoms with Crippen molar-refractivity contribution < 1.29 is 4.92 Å². The average Bonchev–Trinajstić information content (AvgIpc) is 3.07. The molecule has 0 bridgehead atoms. The summed E-state index contributed by atoms with van der Waals surface area (Å²) >= 11 is 0. The van der Waals surface area contributed by atoms with E-state index < -0.39 is 10.5 Å². The molecule has 7 nitrogen and oxygen atoms in total. The van der Waals surface area contributed by atoms with Gasteiger partial charge in [-0.25, -0.2) is 0 Å². The van der Waals surface area contributed by atoms with Crippen molar-refractivity contribution in [2.24, 2.45) is 0 Å². The average molecular weight is 360 g/mol. The summed E-state index contributed by atoms with van der Waals surface area (Å²) < 4.78 is 1.41. The molecule has 0 spiro atoms. The summed E-state index contributed by atoms with van der Waals surface area (Å²) in [6, 6.07) is 16.6. The molecule has 2 aromatic carbocycles. The van der Waals surface area contributed by atoms with Gasteiger partial charge in [-0.05, 0) is 24.3 Å². The molecule has 7 heteroatoms. The molecule has 0 radical (unpaired) electrons. The summed E-state index contributed by atoms with van der Waals surface area (Å²) in [6.07, 6.45) is 0. The Morgan fingerprint density at radius 2 is 1.74 bits per heavy atom. The molecule has 2 aromatic heterocycles. The summed E-state index contributed by atoms with van der Waals surface area (Å²) in [4.78, 5) is 26.3. The van der Waals surface area contributed by atoms with Crippen LogP contribution in [0.15, 0.2) is 59.4 Å². The van der Waals surface area contributed by atoms with Gasteiger partial charge in [0, 0.05) is 28.7 Å². The molecule has 4 rings (SSSR count). The second-order valence-electron chi connectivity index (χ2n) is 5.52. The van der Waals surface area contributed by atoms with Crippen LogP contribution in [-0.4, -0.2) is 14.5 Å². The van der Waals surface area contributed by atoms with Crippen molar-refractivity contribution in [3.63, 3.8) is 0 Å². The SMILES string of the molecule is CC.N#Cc1cc2[nH]c3ccccc3c2n(-c2ccc([N+](=O)[O-])cc2)c1=O. The molecule has 134 valence electrons. The molecular formula is C20H16N4O3. The van der Waals surface area contributed by atoms with E-state index in [2.05, 4.69) is 4.98 Å². The predicted molar refractivity (Wildman–Crippen MR) is 104 cm³/mol. The summed E-state index contributed by atoms with van der Waals surface area (Å²) in [5, 5.41) is 21.0. The normalized spacial score (nSPS) is 10.3. The van der Waals surface area contributed by atoms with E-state index in [0.29, 0.717) is 16.7 Å². The number of nitro benzene ring substituents is 1. The van der Waals surface area contributed by atoms with E-state index in [1.54, 1.807) is 0 Å². The maximum Gasteiger partial charge on any atom is 0.273 e. The number of nitrogens with one attached hydrogen (secondary N) is 1. The van der Waals surface area contributed by atoms with Crippen LogP contribution in [0.4, 0.5) is 5.69 Å². The van der Waals surface area contributed by atoms with Gasteiger partial charge in [-0.2, -0.15) is 5.26 Å². The van der Waals surface area contributed by atoms with Gasteiger partial charge in [0.15, 0.2) is 0 Å². The fraction of sp³-hybridized carbons (Fsp3) is 0.100. The Labute approximate surface area is 154 Å². The van der Waals surface area contributed by atoms with Crippen LogP contribution in [0, 0.1) is 21.4 Å². The second kappa shape index (κ2) is 7.14. The van der Waals surface area contributed by atoms with Crippen LogP contribution >= 0.6 is 0 Å². The zero-order valence-corrected chi connectivity index (χ0v) is 14.8. The Bertz CT molecular complexity index is 1240. The maximum atomic E-state index is 12.8. The predicted octanol–water partition coefficient (Wildman–Crippen LogP) is 4.28. The number of nitriles is 1. The highest BCUT2D eigenvalue weighted by Gasteiger charge is 2.16. The van der Waals surface area contributed by atoms with Crippen LogP contribution in [0.25, 0.3) is 27.6 Å². The number of non-ortho nitro benzene ring substituents is 1. The van der Waals surface area contributed by atoms with Crippen molar-refractivity contribution in [1.82, 2.24) is 9.55 Å². The maximum absolute atomic E-state index is 12.8. The lowest BCUT2D eigenvalue weighted by Crippen LogP contribution is -2.21. The molecule has 0 unspecified atom stereocenters. The number of aromatic nitrogens is 2. The third kappa shape index (κ3) is 2.93.